The Bertz CT molecular complexity index is 166. The molecule has 3 nitrogen and oxygen atoms in total. The van der Waals surface area contributed by atoms with Crippen LogP contribution in [0.15, 0.2) is 0 Å². The van der Waals surface area contributed by atoms with Crippen molar-refractivity contribution in [2.75, 3.05) is 19.0 Å². The molecule has 1 unspecified atom stereocenters. The molecule has 0 heterocycles. The Morgan fingerprint density at radius 2 is 1.73 bits per heavy atom. The molecule has 0 aliphatic rings. The molecule has 0 fully saturated rings. The van der Waals surface area contributed by atoms with Crippen LogP contribution in [0.2, 0.25) is 0 Å². The van der Waals surface area contributed by atoms with Crippen molar-refractivity contribution in [3.8, 4) is 0 Å². The van der Waals surface area contributed by atoms with Crippen LogP contribution in [0.1, 0.15) is 40.5 Å². The van der Waals surface area contributed by atoms with Gasteiger partial charge in [0.25, 0.3) is 0 Å². The van der Waals surface area contributed by atoms with E-state index in [9.17, 15) is 0 Å². The monoisotopic (exact) mass is 234 g/mol. The fourth-order valence-corrected chi connectivity index (χ4v) is 1.74. The van der Waals surface area contributed by atoms with E-state index >= 15 is 0 Å². The third-order valence-electron chi connectivity index (χ3n) is 2.25. The Hall–Kier alpha value is 0.230. The van der Waals surface area contributed by atoms with Crippen molar-refractivity contribution in [1.29, 1.82) is 0 Å². The van der Waals surface area contributed by atoms with Crippen molar-refractivity contribution in [1.82, 2.24) is 0 Å². The maximum Gasteiger partial charge on any atom is 0.0590 e. The molecule has 0 aromatic carbocycles. The second kappa shape index (κ2) is 6.74. The summed E-state index contributed by atoms with van der Waals surface area (Å²) in [6, 6.07) is 0. The summed E-state index contributed by atoms with van der Waals surface area (Å²) in [6.45, 7) is 9.68. The van der Waals surface area contributed by atoms with Crippen LogP contribution in [-0.2, 0) is 4.74 Å². The molecule has 0 rings (SSSR count). The summed E-state index contributed by atoms with van der Waals surface area (Å²) in [5, 5.41) is 0. The van der Waals surface area contributed by atoms with E-state index in [1.54, 1.807) is 11.8 Å². The van der Waals surface area contributed by atoms with Gasteiger partial charge in [0.15, 0.2) is 0 Å². The molecule has 0 spiro atoms. The number of thioether (sulfide) groups is 1. The highest BCUT2D eigenvalue weighted by Gasteiger charge is 2.15. The maximum absolute atomic E-state index is 5.99. The van der Waals surface area contributed by atoms with E-state index < -0.39 is 0 Å². The predicted octanol–water partition coefficient (Wildman–Crippen LogP) is 1.95. The van der Waals surface area contributed by atoms with Crippen molar-refractivity contribution >= 4 is 11.8 Å². The number of ether oxygens (including phenoxy) is 1. The van der Waals surface area contributed by atoms with Crippen LogP contribution >= 0.6 is 11.8 Å². The standard InChI is InChI=1S/C11H26N2OS/c1-5-11(4,13)15-9-8-14-7-6-10(2,3)12/h5-9,12-13H2,1-4H3. The van der Waals surface area contributed by atoms with Crippen LogP contribution in [0.3, 0.4) is 0 Å². The van der Waals surface area contributed by atoms with Crippen molar-refractivity contribution in [3.05, 3.63) is 0 Å². The minimum Gasteiger partial charge on any atom is -0.381 e. The molecule has 0 bridgehead atoms. The van der Waals surface area contributed by atoms with Gasteiger partial charge in [-0.15, -0.1) is 11.8 Å². The molecule has 15 heavy (non-hydrogen) atoms. The van der Waals surface area contributed by atoms with Crippen LogP contribution in [0.4, 0.5) is 0 Å². The zero-order chi connectivity index (χ0) is 11.9. The molecule has 0 aromatic heterocycles. The summed E-state index contributed by atoms with van der Waals surface area (Å²) in [7, 11) is 0. The van der Waals surface area contributed by atoms with Gasteiger partial charge in [0.1, 0.15) is 0 Å². The molecule has 1 atom stereocenters. The Balaban J connectivity index is 3.33. The zero-order valence-electron chi connectivity index (χ0n) is 10.5. The molecule has 92 valence electrons. The topological polar surface area (TPSA) is 61.3 Å². The molecule has 4 heteroatoms. The molecule has 0 saturated carbocycles. The van der Waals surface area contributed by atoms with Crippen LogP contribution in [0, 0.1) is 0 Å². The Labute approximate surface area is 98.3 Å². The van der Waals surface area contributed by atoms with E-state index in [-0.39, 0.29) is 10.4 Å². The molecule has 0 saturated heterocycles. The van der Waals surface area contributed by atoms with Crippen molar-refractivity contribution < 1.29 is 4.74 Å². The van der Waals surface area contributed by atoms with Gasteiger partial charge >= 0.3 is 0 Å². The first-order chi connectivity index (χ1) is 6.77. The third-order valence-corrected chi connectivity index (χ3v) is 3.57. The fraction of sp³-hybridized carbons (Fsp3) is 1.00. The maximum atomic E-state index is 5.99. The van der Waals surface area contributed by atoms with Gasteiger partial charge in [0.2, 0.25) is 0 Å². The Kier molecular flexibility index (Phi) is 6.84. The van der Waals surface area contributed by atoms with Crippen molar-refractivity contribution in [3.63, 3.8) is 0 Å². The van der Waals surface area contributed by atoms with Gasteiger partial charge in [-0.3, -0.25) is 0 Å². The second-order valence-electron chi connectivity index (χ2n) is 4.87. The first-order valence-electron chi connectivity index (χ1n) is 5.56. The highest BCUT2D eigenvalue weighted by molar-refractivity contribution is 8.00. The molecule has 0 aliphatic carbocycles. The number of rotatable bonds is 8. The average molecular weight is 234 g/mol. The summed E-state index contributed by atoms with van der Waals surface area (Å²) < 4.78 is 5.49. The Morgan fingerprint density at radius 1 is 1.13 bits per heavy atom. The fourth-order valence-electron chi connectivity index (χ4n) is 0.873. The lowest BCUT2D eigenvalue weighted by atomic mass is 10.0. The molecule has 0 radical (unpaired) electrons. The van der Waals surface area contributed by atoms with E-state index in [0.29, 0.717) is 0 Å². The third kappa shape index (κ3) is 10.5. The Morgan fingerprint density at radius 3 is 2.20 bits per heavy atom. The smallest absolute Gasteiger partial charge is 0.0590 e. The van der Waals surface area contributed by atoms with Gasteiger partial charge in [0, 0.05) is 17.9 Å². The highest BCUT2D eigenvalue weighted by atomic mass is 32.2. The normalized spacial score (nSPS) is 16.4. The summed E-state index contributed by atoms with van der Waals surface area (Å²) in [4.78, 5) is -0.115. The molecule has 0 aromatic rings. The van der Waals surface area contributed by atoms with Gasteiger partial charge in [0.05, 0.1) is 11.5 Å². The zero-order valence-corrected chi connectivity index (χ0v) is 11.3. The summed E-state index contributed by atoms with van der Waals surface area (Å²) in [5.74, 6) is 0.950. The summed E-state index contributed by atoms with van der Waals surface area (Å²) in [6.07, 6.45) is 1.87. The van der Waals surface area contributed by atoms with Gasteiger partial charge in [-0.1, -0.05) is 6.92 Å². The molecule has 4 N–H and O–H groups in total. The highest BCUT2D eigenvalue weighted by Crippen LogP contribution is 2.21. The van der Waals surface area contributed by atoms with E-state index in [4.69, 9.17) is 16.2 Å². The quantitative estimate of drug-likeness (QED) is 0.498. The van der Waals surface area contributed by atoms with E-state index in [0.717, 1.165) is 31.8 Å². The average Bonchev–Trinajstić information content (AvgIpc) is 2.09. The van der Waals surface area contributed by atoms with E-state index in [2.05, 4.69) is 13.8 Å². The van der Waals surface area contributed by atoms with Crippen LogP contribution < -0.4 is 11.5 Å². The molecule has 0 amide bonds. The number of hydrogen-bond acceptors (Lipinski definition) is 4. The minimum absolute atomic E-state index is 0.115. The number of nitrogens with two attached hydrogens (primary N) is 2. The van der Waals surface area contributed by atoms with Gasteiger partial charge < -0.3 is 16.2 Å². The van der Waals surface area contributed by atoms with Crippen LogP contribution in [-0.4, -0.2) is 29.4 Å². The first-order valence-corrected chi connectivity index (χ1v) is 6.55. The SMILES string of the molecule is CCC(C)(N)SCCOCCC(C)(C)N. The predicted molar refractivity (Wildman–Crippen MR) is 69.0 cm³/mol. The summed E-state index contributed by atoms with van der Waals surface area (Å²) >= 11 is 1.76. The van der Waals surface area contributed by atoms with Gasteiger partial charge in [-0.25, -0.2) is 0 Å². The molecule has 0 aliphatic heterocycles. The second-order valence-corrected chi connectivity index (χ2v) is 6.50. The van der Waals surface area contributed by atoms with Gasteiger partial charge in [-0.2, -0.15) is 0 Å². The van der Waals surface area contributed by atoms with Crippen LogP contribution in [0.5, 0.6) is 0 Å². The van der Waals surface area contributed by atoms with Gasteiger partial charge in [-0.05, 0) is 33.6 Å². The van der Waals surface area contributed by atoms with E-state index in [1.165, 1.54) is 0 Å². The van der Waals surface area contributed by atoms with Crippen LogP contribution in [0.25, 0.3) is 0 Å². The lowest BCUT2D eigenvalue weighted by Gasteiger charge is -2.22. The summed E-state index contributed by atoms with van der Waals surface area (Å²) in [5.41, 5.74) is 11.7. The molecular formula is C11H26N2OS. The lowest BCUT2D eigenvalue weighted by molar-refractivity contribution is 0.133. The van der Waals surface area contributed by atoms with Crippen molar-refractivity contribution in [2.24, 2.45) is 11.5 Å². The lowest BCUT2D eigenvalue weighted by Crippen LogP contribution is -2.33. The number of hydrogen-bond donors (Lipinski definition) is 2. The van der Waals surface area contributed by atoms with E-state index in [1.807, 2.05) is 13.8 Å². The minimum atomic E-state index is -0.126. The first kappa shape index (κ1) is 15.2. The van der Waals surface area contributed by atoms with Crippen molar-refractivity contribution in [2.45, 2.75) is 50.9 Å². The largest absolute Gasteiger partial charge is 0.381 e. The molecular weight excluding hydrogens is 208 g/mol.